The van der Waals surface area contributed by atoms with E-state index < -0.39 is 0 Å². The lowest BCUT2D eigenvalue weighted by molar-refractivity contribution is 0.0357. The Morgan fingerprint density at radius 1 is 1.05 bits per heavy atom. The van der Waals surface area contributed by atoms with Gasteiger partial charge >= 0.3 is 0 Å². The number of nitrogens with one attached hydrogen (secondary N) is 3. The standard InChI is InChI=1S/C32H36N8O4/c1-21-4-5-26-24(14-21)22(17-34-26)6-7-33-32(41)31-35-18-23(19-36-31)39-30-25-15-28(42-2)29(16-27(25)37-20-38-30)44-11-3-8-40-9-12-43-13-10-40/h4-5,14-20,34H,3,6-13H2,1-2H3,(H,33,41)(H,37,38,39). The van der Waals surface area contributed by atoms with Crippen LogP contribution in [0.4, 0.5) is 11.5 Å². The van der Waals surface area contributed by atoms with Gasteiger partial charge in [0.1, 0.15) is 12.1 Å². The van der Waals surface area contributed by atoms with E-state index in [0.717, 1.165) is 55.7 Å². The van der Waals surface area contributed by atoms with Gasteiger partial charge in [-0.15, -0.1) is 0 Å². The summed E-state index contributed by atoms with van der Waals surface area (Å²) in [5.74, 6) is 1.54. The van der Waals surface area contributed by atoms with Crippen molar-refractivity contribution >= 4 is 39.2 Å². The minimum Gasteiger partial charge on any atom is -0.493 e. The lowest BCUT2D eigenvalue weighted by Crippen LogP contribution is -2.37. The number of hydrogen-bond acceptors (Lipinski definition) is 10. The summed E-state index contributed by atoms with van der Waals surface area (Å²) in [7, 11) is 1.61. The Morgan fingerprint density at radius 2 is 1.89 bits per heavy atom. The topological polar surface area (TPSA) is 139 Å². The predicted molar refractivity (Wildman–Crippen MR) is 168 cm³/mol. The van der Waals surface area contributed by atoms with Crippen LogP contribution in [0.5, 0.6) is 11.5 Å². The summed E-state index contributed by atoms with van der Waals surface area (Å²) >= 11 is 0. The molecule has 0 radical (unpaired) electrons. The molecule has 12 nitrogen and oxygen atoms in total. The number of benzene rings is 2. The maximum atomic E-state index is 12.7. The number of hydrogen-bond donors (Lipinski definition) is 3. The van der Waals surface area contributed by atoms with Crippen LogP contribution in [0.15, 0.2) is 55.2 Å². The van der Waals surface area contributed by atoms with E-state index in [1.54, 1.807) is 19.5 Å². The van der Waals surface area contributed by atoms with Gasteiger partial charge < -0.3 is 29.8 Å². The zero-order chi connectivity index (χ0) is 30.3. The Morgan fingerprint density at radius 3 is 2.70 bits per heavy atom. The van der Waals surface area contributed by atoms with E-state index in [1.807, 2.05) is 18.3 Å². The number of amides is 1. The van der Waals surface area contributed by atoms with Crippen molar-refractivity contribution in [1.29, 1.82) is 0 Å². The molecular formula is C32H36N8O4. The summed E-state index contributed by atoms with van der Waals surface area (Å²) in [6.45, 7) is 7.55. The molecule has 0 unspecified atom stereocenters. The maximum Gasteiger partial charge on any atom is 0.289 e. The molecule has 228 valence electrons. The monoisotopic (exact) mass is 596 g/mol. The van der Waals surface area contributed by atoms with E-state index in [-0.39, 0.29) is 11.7 Å². The summed E-state index contributed by atoms with van der Waals surface area (Å²) in [4.78, 5) is 35.7. The van der Waals surface area contributed by atoms with Crippen LogP contribution in [0, 0.1) is 6.92 Å². The molecule has 5 aromatic rings. The second-order valence-corrected chi connectivity index (χ2v) is 10.7. The quantitative estimate of drug-likeness (QED) is 0.181. The smallest absolute Gasteiger partial charge is 0.289 e. The molecule has 1 amide bonds. The van der Waals surface area contributed by atoms with E-state index in [9.17, 15) is 4.79 Å². The summed E-state index contributed by atoms with van der Waals surface area (Å²) < 4.78 is 17.1. The zero-order valence-electron chi connectivity index (χ0n) is 24.9. The molecule has 0 saturated carbocycles. The minimum atomic E-state index is -0.331. The van der Waals surface area contributed by atoms with E-state index in [0.29, 0.717) is 48.1 Å². The highest BCUT2D eigenvalue weighted by atomic mass is 16.5. The molecule has 1 aliphatic heterocycles. The van der Waals surface area contributed by atoms with Gasteiger partial charge in [0.25, 0.3) is 5.91 Å². The number of methoxy groups -OCH3 is 1. The molecule has 0 spiro atoms. The molecule has 3 N–H and O–H groups in total. The average Bonchev–Trinajstić information content (AvgIpc) is 3.45. The Hall–Kier alpha value is -4.81. The van der Waals surface area contributed by atoms with Gasteiger partial charge in [-0.1, -0.05) is 11.6 Å². The van der Waals surface area contributed by atoms with Crippen molar-refractivity contribution in [3.05, 3.63) is 72.2 Å². The summed E-state index contributed by atoms with van der Waals surface area (Å²) in [6.07, 6.45) is 8.18. The van der Waals surface area contributed by atoms with Gasteiger partial charge in [0.15, 0.2) is 11.5 Å². The van der Waals surface area contributed by atoms with Crippen LogP contribution >= 0.6 is 0 Å². The van der Waals surface area contributed by atoms with Crippen LogP contribution in [-0.4, -0.2) is 88.8 Å². The van der Waals surface area contributed by atoms with Gasteiger partial charge in [-0.25, -0.2) is 19.9 Å². The van der Waals surface area contributed by atoms with Crippen LogP contribution in [0.2, 0.25) is 0 Å². The third kappa shape index (κ3) is 6.87. The summed E-state index contributed by atoms with van der Waals surface area (Å²) in [5, 5.41) is 8.06. The number of carbonyl (C=O) groups excluding carboxylic acids is 1. The Labute approximate surface area is 255 Å². The molecule has 44 heavy (non-hydrogen) atoms. The molecule has 4 heterocycles. The van der Waals surface area contributed by atoms with E-state index in [4.69, 9.17) is 14.2 Å². The number of morpholine rings is 1. The Bertz CT molecular complexity index is 1730. The number of fused-ring (bicyclic) bond motifs is 2. The molecule has 2 aromatic carbocycles. The second kappa shape index (κ2) is 13.7. The molecule has 6 rings (SSSR count). The molecule has 1 fully saturated rings. The largest absolute Gasteiger partial charge is 0.493 e. The normalized spacial score (nSPS) is 13.7. The molecule has 1 saturated heterocycles. The fourth-order valence-corrected chi connectivity index (χ4v) is 5.27. The highest BCUT2D eigenvalue weighted by Crippen LogP contribution is 2.34. The first-order valence-electron chi connectivity index (χ1n) is 14.8. The van der Waals surface area contributed by atoms with Gasteiger partial charge in [0.05, 0.1) is 50.5 Å². The molecule has 0 bridgehead atoms. The summed E-state index contributed by atoms with van der Waals surface area (Å²) in [5.41, 5.74) is 4.72. The number of aryl methyl sites for hydroxylation is 1. The Kier molecular flexibility index (Phi) is 9.09. The lowest BCUT2D eigenvalue weighted by Gasteiger charge is -2.26. The predicted octanol–water partition coefficient (Wildman–Crippen LogP) is 4.04. The van der Waals surface area contributed by atoms with Crippen LogP contribution in [0.1, 0.15) is 28.2 Å². The van der Waals surface area contributed by atoms with Gasteiger partial charge in [-0.05, 0) is 43.5 Å². The van der Waals surface area contributed by atoms with Crippen molar-refractivity contribution in [3.8, 4) is 11.5 Å². The van der Waals surface area contributed by atoms with Gasteiger partial charge in [0.2, 0.25) is 5.82 Å². The number of ether oxygens (including phenoxy) is 3. The van der Waals surface area contributed by atoms with Crippen LogP contribution < -0.4 is 20.1 Å². The average molecular weight is 597 g/mol. The second-order valence-electron chi connectivity index (χ2n) is 10.7. The lowest BCUT2D eigenvalue weighted by atomic mass is 10.1. The maximum absolute atomic E-state index is 12.7. The van der Waals surface area contributed by atoms with E-state index in [2.05, 4.69) is 65.6 Å². The highest BCUT2D eigenvalue weighted by Gasteiger charge is 2.15. The highest BCUT2D eigenvalue weighted by molar-refractivity contribution is 5.93. The molecular weight excluding hydrogens is 560 g/mol. The van der Waals surface area contributed by atoms with Gasteiger partial charge in [-0.2, -0.15) is 0 Å². The minimum absolute atomic E-state index is 0.0925. The molecule has 1 aliphatic rings. The van der Waals surface area contributed by atoms with E-state index in [1.165, 1.54) is 17.3 Å². The first-order chi connectivity index (χ1) is 21.6. The molecule has 3 aromatic heterocycles. The first kappa shape index (κ1) is 29.3. The fraction of sp³-hybridized carbons (Fsp3) is 0.344. The number of aromatic amines is 1. The van der Waals surface area contributed by atoms with Gasteiger partial charge in [0, 0.05) is 54.7 Å². The number of rotatable bonds is 12. The summed E-state index contributed by atoms with van der Waals surface area (Å²) in [6, 6.07) is 10.0. The third-order valence-corrected chi connectivity index (χ3v) is 7.62. The van der Waals surface area contributed by atoms with Crippen molar-refractivity contribution in [3.63, 3.8) is 0 Å². The van der Waals surface area contributed by atoms with Crippen LogP contribution in [-0.2, 0) is 11.2 Å². The van der Waals surface area contributed by atoms with Crippen molar-refractivity contribution in [1.82, 2.24) is 35.1 Å². The fourth-order valence-electron chi connectivity index (χ4n) is 5.27. The molecule has 0 atom stereocenters. The SMILES string of the molecule is COc1cc2c(Nc3cnc(C(=O)NCCc4c[nH]c5ccc(C)cc45)nc3)ncnc2cc1OCCCN1CCOCC1. The number of nitrogens with zero attached hydrogens (tertiary/aromatic N) is 5. The molecule has 12 heteroatoms. The Balaban J connectivity index is 1.06. The first-order valence-corrected chi connectivity index (χ1v) is 14.8. The van der Waals surface area contributed by atoms with Crippen LogP contribution in [0.3, 0.4) is 0 Å². The third-order valence-electron chi connectivity index (χ3n) is 7.62. The zero-order valence-corrected chi connectivity index (χ0v) is 24.9. The number of aromatic nitrogens is 5. The van der Waals surface area contributed by atoms with Crippen molar-refractivity contribution in [2.75, 3.05) is 58.4 Å². The van der Waals surface area contributed by atoms with Crippen molar-refractivity contribution < 1.29 is 19.0 Å². The van der Waals surface area contributed by atoms with Crippen LogP contribution in [0.25, 0.3) is 21.8 Å². The van der Waals surface area contributed by atoms with E-state index >= 15 is 0 Å². The number of H-pyrrole nitrogens is 1. The van der Waals surface area contributed by atoms with Crippen molar-refractivity contribution in [2.24, 2.45) is 0 Å². The van der Waals surface area contributed by atoms with Gasteiger partial charge in [-0.3, -0.25) is 9.69 Å². The van der Waals surface area contributed by atoms with Crippen molar-refractivity contribution in [2.45, 2.75) is 19.8 Å². The molecule has 0 aliphatic carbocycles. The number of carbonyl (C=O) groups is 1. The number of anilines is 2.